The highest BCUT2D eigenvalue weighted by atomic mass is 28.3. The lowest BCUT2D eigenvalue weighted by molar-refractivity contribution is 1.02. The van der Waals surface area contributed by atoms with Gasteiger partial charge in [0.2, 0.25) is 0 Å². The molecule has 2 aliphatic carbocycles. The van der Waals surface area contributed by atoms with Crippen LogP contribution in [0.4, 0.5) is 0 Å². The van der Waals surface area contributed by atoms with Crippen molar-refractivity contribution in [1.29, 1.82) is 0 Å². The Hall–Kier alpha value is -3.68. The molecule has 1 heteroatoms. The van der Waals surface area contributed by atoms with Gasteiger partial charge >= 0.3 is 0 Å². The van der Waals surface area contributed by atoms with Crippen molar-refractivity contribution in [2.75, 3.05) is 0 Å². The summed E-state index contributed by atoms with van der Waals surface area (Å²) in [6, 6.07) is 38.5. The molecule has 2 unspecified atom stereocenters. The summed E-state index contributed by atoms with van der Waals surface area (Å²) in [6.07, 6.45) is 4.95. The molecule has 0 saturated carbocycles. The average Bonchev–Trinajstić information content (AvgIpc) is 3.42. The first-order valence-electron chi connectivity index (χ1n) is 12.5. The fraction of sp³-hybridized carbons (Fsp3) is 0.118. The van der Waals surface area contributed by atoms with Crippen LogP contribution in [0.3, 0.4) is 0 Å². The van der Waals surface area contributed by atoms with Crippen molar-refractivity contribution in [1.82, 2.24) is 0 Å². The Balaban J connectivity index is 1.46. The first-order chi connectivity index (χ1) is 17.2. The highest BCUT2D eigenvalue weighted by Gasteiger charge is 2.42. The molecular weight excluding hydrogens is 436 g/mol. The largest absolute Gasteiger partial charge is 0.110 e. The summed E-state index contributed by atoms with van der Waals surface area (Å²) in [5.74, 6) is 0. The fourth-order valence-corrected chi connectivity index (χ4v) is 10.4. The van der Waals surface area contributed by atoms with Gasteiger partial charge in [0.1, 0.15) is 8.80 Å². The van der Waals surface area contributed by atoms with Crippen LogP contribution in [0.25, 0.3) is 33.7 Å². The molecule has 0 fully saturated rings. The number of allylic oxidation sites excluding steroid dienone is 2. The third-order valence-electron chi connectivity index (χ3n) is 8.01. The minimum Gasteiger partial charge on any atom is -0.0677 e. The van der Waals surface area contributed by atoms with Gasteiger partial charge in [-0.05, 0) is 57.6 Å². The number of fused-ring (bicyclic) bond motifs is 6. The zero-order valence-corrected chi connectivity index (χ0v) is 21.1. The normalized spacial score (nSPS) is 18.6. The van der Waals surface area contributed by atoms with Crippen LogP contribution in [-0.2, 0) is 0 Å². The standard InChI is InChI=1S/C34H27Si/c1-22-20-31-27-14-8-6-10-24(27)16-18-29(31)33(22)35(26-12-4-3-5-13-26)34-23(2)21-32-28-15-9-7-11-25(28)17-19-30(32)34/h3-21,33-34H,1-2H3. The summed E-state index contributed by atoms with van der Waals surface area (Å²) in [6.45, 7) is 4.73. The summed E-state index contributed by atoms with van der Waals surface area (Å²) in [4.78, 5) is 0. The van der Waals surface area contributed by atoms with Crippen molar-refractivity contribution in [2.45, 2.75) is 24.9 Å². The summed E-state index contributed by atoms with van der Waals surface area (Å²) < 4.78 is 0. The maximum Gasteiger partial charge on any atom is 0.110 e. The van der Waals surface area contributed by atoms with Crippen molar-refractivity contribution in [3.63, 3.8) is 0 Å². The molecule has 0 nitrogen and oxygen atoms in total. The van der Waals surface area contributed by atoms with E-state index in [9.17, 15) is 0 Å². The van der Waals surface area contributed by atoms with Crippen molar-refractivity contribution >= 4 is 47.7 Å². The second-order valence-corrected chi connectivity index (χ2v) is 12.7. The molecule has 2 aliphatic rings. The Labute approximate surface area is 208 Å². The van der Waals surface area contributed by atoms with Gasteiger partial charge in [-0.3, -0.25) is 0 Å². The monoisotopic (exact) mass is 463 g/mol. The Morgan fingerprint density at radius 2 is 0.943 bits per heavy atom. The predicted octanol–water partition coefficient (Wildman–Crippen LogP) is 8.17. The van der Waals surface area contributed by atoms with Gasteiger partial charge in [0.05, 0.1) is 0 Å². The van der Waals surface area contributed by atoms with Gasteiger partial charge in [-0.1, -0.05) is 132 Å². The van der Waals surface area contributed by atoms with Crippen molar-refractivity contribution in [2.24, 2.45) is 0 Å². The molecule has 0 saturated heterocycles. The molecule has 0 aromatic heterocycles. The van der Waals surface area contributed by atoms with Gasteiger partial charge in [0.25, 0.3) is 0 Å². The van der Waals surface area contributed by atoms with Crippen LogP contribution in [0.5, 0.6) is 0 Å². The molecule has 5 aromatic rings. The number of hydrogen-bond acceptors (Lipinski definition) is 0. The lowest BCUT2D eigenvalue weighted by Gasteiger charge is -2.32. The Kier molecular flexibility index (Phi) is 4.68. The highest BCUT2D eigenvalue weighted by Crippen LogP contribution is 2.48. The third kappa shape index (κ3) is 3.12. The van der Waals surface area contributed by atoms with Crippen molar-refractivity contribution < 1.29 is 0 Å². The summed E-state index contributed by atoms with van der Waals surface area (Å²) >= 11 is 0. The van der Waals surface area contributed by atoms with Crippen molar-refractivity contribution in [3.8, 4) is 0 Å². The lowest BCUT2D eigenvalue weighted by Crippen LogP contribution is -2.43. The fourth-order valence-electron chi connectivity index (χ4n) is 6.52. The van der Waals surface area contributed by atoms with Gasteiger partial charge in [0, 0.05) is 11.1 Å². The van der Waals surface area contributed by atoms with Gasteiger partial charge in [-0.25, -0.2) is 0 Å². The molecule has 0 amide bonds. The highest BCUT2D eigenvalue weighted by molar-refractivity contribution is 6.77. The minimum atomic E-state index is -1.07. The lowest BCUT2D eigenvalue weighted by atomic mass is 10.0. The van der Waals surface area contributed by atoms with Crippen LogP contribution >= 0.6 is 0 Å². The second-order valence-electron chi connectivity index (χ2n) is 10.0. The molecule has 0 aliphatic heterocycles. The summed E-state index contributed by atoms with van der Waals surface area (Å²) in [7, 11) is -1.07. The molecule has 1 radical (unpaired) electrons. The molecule has 0 bridgehead atoms. The van der Waals surface area contributed by atoms with E-state index >= 15 is 0 Å². The first-order valence-corrected chi connectivity index (χ1v) is 14.2. The Morgan fingerprint density at radius 1 is 0.486 bits per heavy atom. The SMILES string of the molecule is CC1=Cc2c(ccc3ccccc23)C1[Si](c1ccccc1)C1C(C)=Cc2c1ccc1ccccc21. The zero-order chi connectivity index (χ0) is 23.5. The summed E-state index contributed by atoms with van der Waals surface area (Å²) in [5.41, 5.74) is 9.82. The molecule has 0 N–H and O–H groups in total. The van der Waals surface area contributed by atoms with E-state index in [1.807, 2.05) is 0 Å². The van der Waals surface area contributed by atoms with Crippen LogP contribution in [-0.4, -0.2) is 8.80 Å². The third-order valence-corrected chi connectivity index (χ3v) is 11.8. The molecular formula is C34H27Si. The smallest absolute Gasteiger partial charge is 0.0677 e. The molecule has 7 rings (SSSR count). The molecule has 167 valence electrons. The van der Waals surface area contributed by atoms with E-state index in [1.165, 1.54) is 60.1 Å². The zero-order valence-electron chi connectivity index (χ0n) is 20.1. The van der Waals surface area contributed by atoms with E-state index in [1.54, 1.807) is 0 Å². The van der Waals surface area contributed by atoms with Crippen LogP contribution in [0.2, 0.25) is 0 Å². The molecule has 35 heavy (non-hydrogen) atoms. The van der Waals surface area contributed by atoms with E-state index in [2.05, 4.69) is 129 Å². The number of rotatable bonds is 3. The second kappa shape index (κ2) is 7.93. The van der Waals surface area contributed by atoms with Gasteiger partial charge < -0.3 is 0 Å². The van der Waals surface area contributed by atoms with Crippen LogP contribution < -0.4 is 5.19 Å². The van der Waals surface area contributed by atoms with E-state index in [4.69, 9.17) is 0 Å². The van der Waals surface area contributed by atoms with E-state index < -0.39 is 8.80 Å². The molecule has 0 spiro atoms. The van der Waals surface area contributed by atoms with Crippen LogP contribution in [0.15, 0.2) is 114 Å². The molecule has 5 aromatic carbocycles. The topological polar surface area (TPSA) is 0 Å². The van der Waals surface area contributed by atoms with Gasteiger partial charge in [0.15, 0.2) is 0 Å². The Morgan fingerprint density at radius 3 is 1.46 bits per heavy atom. The van der Waals surface area contributed by atoms with Crippen LogP contribution in [0.1, 0.15) is 47.2 Å². The molecule has 2 atom stereocenters. The van der Waals surface area contributed by atoms with E-state index in [0.717, 1.165) is 0 Å². The van der Waals surface area contributed by atoms with E-state index in [0.29, 0.717) is 11.1 Å². The van der Waals surface area contributed by atoms with E-state index in [-0.39, 0.29) is 0 Å². The first kappa shape index (κ1) is 20.7. The maximum absolute atomic E-state index is 2.48. The van der Waals surface area contributed by atoms with Gasteiger partial charge in [-0.2, -0.15) is 0 Å². The Bertz CT molecular complexity index is 1560. The summed E-state index contributed by atoms with van der Waals surface area (Å²) in [5, 5.41) is 6.95. The maximum atomic E-state index is 2.48. The van der Waals surface area contributed by atoms with Gasteiger partial charge in [-0.15, -0.1) is 0 Å². The predicted molar refractivity (Wildman–Crippen MR) is 153 cm³/mol. The average molecular weight is 464 g/mol. The number of benzene rings is 5. The van der Waals surface area contributed by atoms with Crippen LogP contribution in [0, 0.1) is 0 Å². The van der Waals surface area contributed by atoms with Crippen molar-refractivity contribution in [3.05, 3.63) is 137 Å². The quantitative estimate of drug-likeness (QED) is 0.237. The minimum absolute atomic E-state index is 0.452. The molecule has 0 heterocycles. The number of hydrogen-bond donors (Lipinski definition) is 0.